The molecule has 0 unspecified atom stereocenters. The van der Waals surface area contributed by atoms with Crippen LogP contribution in [0.2, 0.25) is 0 Å². The molecule has 168 valence electrons. The predicted octanol–water partition coefficient (Wildman–Crippen LogP) is 0.00550. The third-order valence-corrected chi connectivity index (χ3v) is 5.28. The van der Waals surface area contributed by atoms with Gasteiger partial charge in [-0.15, -0.1) is 0 Å². The van der Waals surface area contributed by atoms with Crippen molar-refractivity contribution < 1.29 is 49.7 Å². The predicted molar refractivity (Wildman–Crippen MR) is 106 cm³/mol. The van der Waals surface area contributed by atoms with E-state index in [9.17, 15) is 45.3 Å². The van der Waals surface area contributed by atoms with Crippen LogP contribution in [0.25, 0.3) is 22.3 Å². The van der Waals surface area contributed by atoms with Gasteiger partial charge in [0.25, 0.3) is 0 Å². The second kappa shape index (κ2) is 7.80. The number of ketones is 1. The van der Waals surface area contributed by atoms with E-state index in [0.717, 1.165) is 18.2 Å². The monoisotopic (exact) mass is 446 g/mol. The third kappa shape index (κ3) is 3.33. The van der Waals surface area contributed by atoms with Gasteiger partial charge in [-0.05, 0) is 18.2 Å². The molecule has 0 bridgehead atoms. The molecule has 32 heavy (non-hydrogen) atoms. The Morgan fingerprint density at radius 1 is 0.875 bits per heavy atom. The molecule has 2 heterocycles. The average molecular weight is 446 g/mol. The maximum atomic E-state index is 12.7. The fraction of sp³-hybridized carbons (Fsp3) is 0.238. The van der Waals surface area contributed by atoms with Gasteiger partial charge in [0.1, 0.15) is 52.6 Å². The maximum Gasteiger partial charge on any atom is 0.197 e. The molecule has 0 spiro atoms. The van der Waals surface area contributed by atoms with Crippen molar-refractivity contribution in [2.24, 2.45) is 0 Å². The summed E-state index contributed by atoms with van der Waals surface area (Å²) in [5.74, 6) is -3.48. The molecule has 1 aromatic heterocycles. The van der Waals surface area contributed by atoms with E-state index in [1.165, 1.54) is 12.1 Å². The first-order valence-electron chi connectivity index (χ1n) is 9.35. The normalized spacial score (nSPS) is 23.5. The van der Waals surface area contributed by atoms with Crippen LogP contribution in [0.4, 0.5) is 0 Å². The molecule has 11 heteroatoms. The minimum Gasteiger partial charge on any atom is -0.507 e. The van der Waals surface area contributed by atoms with Gasteiger partial charge in [-0.2, -0.15) is 0 Å². The topological polar surface area (TPSA) is 198 Å². The van der Waals surface area contributed by atoms with Gasteiger partial charge in [-0.3, -0.25) is 9.59 Å². The van der Waals surface area contributed by atoms with Gasteiger partial charge in [0.15, 0.2) is 22.7 Å². The average Bonchev–Trinajstić information content (AvgIpc) is 2.74. The fourth-order valence-electron chi connectivity index (χ4n) is 3.62. The molecule has 1 aliphatic rings. The van der Waals surface area contributed by atoms with Crippen molar-refractivity contribution >= 4 is 16.8 Å². The number of ether oxygens (including phenoxy) is 1. The molecule has 7 N–H and O–H groups in total. The summed E-state index contributed by atoms with van der Waals surface area (Å²) in [7, 11) is 0. The van der Waals surface area contributed by atoms with Crippen LogP contribution in [0.5, 0.6) is 23.0 Å². The van der Waals surface area contributed by atoms with Gasteiger partial charge < -0.3 is 44.9 Å². The number of phenolic OH excluding ortho intramolecular Hbond substituents is 4. The van der Waals surface area contributed by atoms with E-state index >= 15 is 0 Å². The molecule has 4 atom stereocenters. The van der Waals surface area contributed by atoms with Gasteiger partial charge in [0.05, 0.1) is 12.2 Å². The maximum absolute atomic E-state index is 12.7. The lowest BCUT2D eigenvalue weighted by molar-refractivity contribution is -0.189. The molecule has 1 aliphatic heterocycles. The molecular weight excluding hydrogens is 428 g/mol. The van der Waals surface area contributed by atoms with E-state index in [1.54, 1.807) is 0 Å². The minimum absolute atomic E-state index is 0.0445. The molecule has 4 rings (SSSR count). The Kier molecular flexibility index (Phi) is 5.26. The van der Waals surface area contributed by atoms with E-state index in [2.05, 4.69) is 0 Å². The summed E-state index contributed by atoms with van der Waals surface area (Å²) in [5.41, 5.74) is -1.29. The largest absolute Gasteiger partial charge is 0.507 e. The summed E-state index contributed by atoms with van der Waals surface area (Å²) in [6, 6.07) is 5.65. The number of fused-ring (bicyclic) bond motifs is 1. The van der Waals surface area contributed by atoms with Crippen molar-refractivity contribution in [2.75, 3.05) is 6.61 Å². The third-order valence-electron chi connectivity index (χ3n) is 5.28. The molecule has 0 amide bonds. The second-order valence-electron chi connectivity index (χ2n) is 7.28. The van der Waals surface area contributed by atoms with Crippen LogP contribution in [0.1, 0.15) is 11.7 Å². The van der Waals surface area contributed by atoms with Crippen LogP contribution in [-0.2, 0) is 9.53 Å². The van der Waals surface area contributed by atoms with Gasteiger partial charge in [-0.1, -0.05) is 0 Å². The lowest BCUT2D eigenvalue weighted by Gasteiger charge is -2.35. The van der Waals surface area contributed by atoms with Crippen molar-refractivity contribution in [2.45, 2.75) is 24.4 Å². The van der Waals surface area contributed by atoms with E-state index in [-0.39, 0.29) is 28.0 Å². The summed E-state index contributed by atoms with van der Waals surface area (Å²) >= 11 is 0. The van der Waals surface area contributed by atoms with E-state index < -0.39 is 65.0 Å². The quantitative estimate of drug-likeness (QED) is 0.267. The summed E-state index contributed by atoms with van der Waals surface area (Å²) in [5, 5.41) is 69.2. The second-order valence-corrected chi connectivity index (χ2v) is 7.28. The number of rotatable bonds is 3. The Morgan fingerprint density at radius 3 is 2.25 bits per heavy atom. The number of carbonyl (C=O) groups excluding carboxylic acids is 1. The number of carbonyl (C=O) groups is 1. The van der Waals surface area contributed by atoms with E-state index in [0.29, 0.717) is 0 Å². The lowest BCUT2D eigenvalue weighted by Crippen LogP contribution is -2.52. The Hall–Kier alpha value is -3.64. The van der Waals surface area contributed by atoms with Crippen LogP contribution >= 0.6 is 0 Å². The van der Waals surface area contributed by atoms with Crippen molar-refractivity contribution in [3.8, 4) is 34.3 Å². The highest BCUT2D eigenvalue weighted by molar-refractivity contribution is 5.91. The minimum atomic E-state index is -1.99. The zero-order valence-corrected chi connectivity index (χ0v) is 16.2. The molecule has 11 nitrogen and oxygen atoms in total. The van der Waals surface area contributed by atoms with Crippen LogP contribution in [0.3, 0.4) is 0 Å². The first-order chi connectivity index (χ1) is 15.1. The highest BCUT2D eigenvalue weighted by atomic mass is 16.5. The molecule has 3 aromatic rings. The smallest absolute Gasteiger partial charge is 0.197 e. The van der Waals surface area contributed by atoms with Gasteiger partial charge in [-0.25, -0.2) is 0 Å². The molecule has 1 saturated heterocycles. The molecule has 0 aliphatic carbocycles. The SMILES string of the molecule is O=C1[C@@H](O)[C@H](c2c(O)cc3oc(-c4ccc(O)c(O)c4)cc(=O)c3c2O)O[C@H](CO)[C@H]1O. The summed E-state index contributed by atoms with van der Waals surface area (Å²) in [6.07, 6.45) is -6.91. The number of phenols is 4. The Labute approximate surface area is 178 Å². The zero-order valence-electron chi connectivity index (χ0n) is 16.2. The number of aliphatic hydroxyl groups excluding tert-OH is 3. The van der Waals surface area contributed by atoms with Crippen molar-refractivity contribution in [3.63, 3.8) is 0 Å². The van der Waals surface area contributed by atoms with Crippen molar-refractivity contribution in [1.82, 2.24) is 0 Å². The number of Topliss-reactive ketones (excluding diaryl/α,β-unsaturated/α-hetero) is 1. The first kappa shape index (κ1) is 21.6. The molecule has 0 saturated carbocycles. The van der Waals surface area contributed by atoms with Gasteiger partial charge >= 0.3 is 0 Å². The first-order valence-corrected chi connectivity index (χ1v) is 9.35. The van der Waals surface area contributed by atoms with Crippen molar-refractivity contribution in [3.05, 3.63) is 46.1 Å². The molecule has 0 radical (unpaired) electrons. The summed E-state index contributed by atoms with van der Waals surface area (Å²) < 4.78 is 10.9. The Bertz CT molecular complexity index is 1280. The summed E-state index contributed by atoms with van der Waals surface area (Å²) in [6.45, 7) is -0.782. The number of hydrogen-bond donors (Lipinski definition) is 7. The number of hydrogen-bond acceptors (Lipinski definition) is 11. The van der Waals surface area contributed by atoms with Crippen LogP contribution in [-0.4, -0.2) is 66.4 Å². The number of aliphatic hydroxyl groups is 3. The van der Waals surface area contributed by atoms with E-state index in [4.69, 9.17) is 9.15 Å². The van der Waals surface area contributed by atoms with Crippen molar-refractivity contribution in [1.29, 1.82) is 0 Å². The molecule has 1 fully saturated rings. The number of benzene rings is 2. The van der Waals surface area contributed by atoms with Crippen LogP contribution < -0.4 is 5.43 Å². The van der Waals surface area contributed by atoms with Gasteiger partial charge in [0, 0.05) is 17.7 Å². The molecular formula is C21H18O11. The van der Waals surface area contributed by atoms with Crippen LogP contribution in [0.15, 0.2) is 39.5 Å². The standard InChI is InChI=1S/C21H18O11/c22-6-14-17(27)19(29)20(30)21(32-14)16-11(26)5-13-15(18(16)28)10(25)4-12(31-13)7-1-2-8(23)9(24)3-7/h1-5,14,17,20-24,26-28,30H,6H2/t14-,17-,20-,21+/m1/s1. The lowest BCUT2D eigenvalue weighted by atomic mass is 9.91. The highest BCUT2D eigenvalue weighted by Crippen LogP contribution is 2.44. The molecule has 2 aromatic carbocycles. The highest BCUT2D eigenvalue weighted by Gasteiger charge is 2.46. The zero-order chi connectivity index (χ0) is 23.3. The van der Waals surface area contributed by atoms with Crippen LogP contribution in [0, 0.1) is 0 Å². The number of aromatic hydroxyl groups is 4. The Morgan fingerprint density at radius 2 is 1.59 bits per heavy atom. The summed E-state index contributed by atoms with van der Waals surface area (Å²) in [4.78, 5) is 24.9. The Balaban J connectivity index is 1.87. The van der Waals surface area contributed by atoms with Gasteiger partial charge in [0.2, 0.25) is 0 Å². The fourth-order valence-corrected chi connectivity index (χ4v) is 3.62. The van der Waals surface area contributed by atoms with E-state index in [1.807, 2.05) is 0 Å².